The van der Waals surface area contributed by atoms with E-state index in [4.69, 9.17) is 23.7 Å². The Hall–Kier alpha value is -5.86. The summed E-state index contributed by atoms with van der Waals surface area (Å²) in [4.78, 5) is 84.6. The molecule has 11 atom stereocenters. The number of nitrogens with one attached hydrogen (secondary N) is 1. The second kappa shape index (κ2) is 18.2. The van der Waals surface area contributed by atoms with Gasteiger partial charge in [0, 0.05) is 36.5 Å². The lowest BCUT2D eigenvalue weighted by Crippen LogP contribution is -2.81. The lowest BCUT2D eigenvalue weighted by atomic mass is 9.45. The Bertz CT molecular complexity index is 2420. The van der Waals surface area contributed by atoms with Crippen molar-refractivity contribution in [3.8, 4) is 6.07 Å². The molecule has 1 amide bonds. The van der Waals surface area contributed by atoms with Crippen LogP contribution in [0.1, 0.15) is 86.7 Å². The normalized spacial score (nSPS) is 30.8. The van der Waals surface area contributed by atoms with Crippen molar-refractivity contribution in [3.63, 3.8) is 0 Å². The molecule has 3 aromatic carbocycles. The summed E-state index contributed by atoms with van der Waals surface area (Å²) >= 11 is 1.13. The Morgan fingerprint density at radius 1 is 0.892 bits per heavy atom. The zero-order valence-electron chi connectivity index (χ0n) is 36.8. The number of nitrogens with zero attached hydrogens (tertiary/aromatic N) is 1. The summed E-state index contributed by atoms with van der Waals surface area (Å²) in [5.41, 5.74) is -6.53. The van der Waals surface area contributed by atoms with E-state index in [1.807, 2.05) is 0 Å². The molecule has 1 aliphatic heterocycles. The summed E-state index contributed by atoms with van der Waals surface area (Å²) in [6, 6.07) is 25.2. The summed E-state index contributed by atoms with van der Waals surface area (Å²) in [6.07, 6.45) is -8.35. The molecule has 342 valence electrons. The fourth-order valence-electron chi connectivity index (χ4n) is 10.5. The summed E-state index contributed by atoms with van der Waals surface area (Å²) in [7, 11) is 0. The molecule has 0 aromatic heterocycles. The Labute approximate surface area is 380 Å². The average Bonchev–Trinajstić information content (AvgIpc) is 3.27. The molecule has 2 bridgehead atoms. The standard InChI is InChI=1S/C49H52N2O13S/c1-27-33(62-45(58)38(54)37(30-16-10-7-11-17-30)51-43(56)31-18-12-8-13-19-31)25-49(59)42(63-44(57)32-20-14-9-15-21-32)40-47(6,41(55)39(61-28(2)52)36(27)46(49,4)5)35(65-23-22-50)24-34-48(40,26-60-34)64-29(3)53/h7-21,33-35,37-40,42,54,59H,23-26H2,1-6H3,(H,51,56)/t33-,34+,35-,37-,38+,39+,40-,42-,47+,48-,49+/m0/s1. The van der Waals surface area contributed by atoms with Gasteiger partial charge < -0.3 is 39.2 Å². The molecule has 3 aromatic rings. The quantitative estimate of drug-likeness (QED) is 0.124. The molecule has 3 N–H and O–H groups in total. The average molecular weight is 909 g/mol. The van der Waals surface area contributed by atoms with Crippen LogP contribution in [0.3, 0.4) is 0 Å². The number of rotatable bonds is 12. The lowest BCUT2D eigenvalue weighted by Gasteiger charge is -2.68. The summed E-state index contributed by atoms with van der Waals surface area (Å²) in [5, 5.41) is 37.5. The van der Waals surface area contributed by atoms with E-state index in [0.717, 1.165) is 18.7 Å². The Balaban J connectivity index is 1.41. The van der Waals surface area contributed by atoms with Crippen molar-refractivity contribution in [1.29, 1.82) is 5.26 Å². The molecule has 7 rings (SSSR count). The van der Waals surface area contributed by atoms with Gasteiger partial charge in [0.25, 0.3) is 5.91 Å². The van der Waals surface area contributed by atoms with Gasteiger partial charge in [-0.05, 0) is 54.3 Å². The molecule has 15 nitrogen and oxygen atoms in total. The molecule has 1 heterocycles. The van der Waals surface area contributed by atoms with Crippen molar-refractivity contribution in [2.24, 2.45) is 16.7 Å². The first kappa shape index (κ1) is 47.1. The number of nitriles is 1. The van der Waals surface area contributed by atoms with E-state index < -0.39 is 112 Å². The third-order valence-corrected chi connectivity index (χ3v) is 15.2. The molecule has 16 heteroatoms. The van der Waals surface area contributed by atoms with Gasteiger partial charge in [0.2, 0.25) is 0 Å². The third-order valence-electron chi connectivity index (χ3n) is 13.8. The fourth-order valence-corrected chi connectivity index (χ4v) is 11.7. The van der Waals surface area contributed by atoms with Crippen LogP contribution in [0.5, 0.6) is 0 Å². The van der Waals surface area contributed by atoms with Gasteiger partial charge in [0.15, 0.2) is 23.6 Å². The van der Waals surface area contributed by atoms with Gasteiger partial charge in [-0.25, -0.2) is 9.59 Å². The zero-order chi connectivity index (χ0) is 47.1. The van der Waals surface area contributed by atoms with Crippen LogP contribution in [0.2, 0.25) is 0 Å². The van der Waals surface area contributed by atoms with Crippen LogP contribution < -0.4 is 5.32 Å². The number of thioether (sulfide) groups is 1. The van der Waals surface area contributed by atoms with Crippen molar-refractivity contribution in [2.75, 3.05) is 12.4 Å². The molecule has 0 radical (unpaired) electrons. The van der Waals surface area contributed by atoms with Gasteiger partial charge in [-0.3, -0.25) is 19.2 Å². The van der Waals surface area contributed by atoms with E-state index in [2.05, 4.69) is 11.4 Å². The number of aliphatic hydroxyl groups is 2. The molecule has 65 heavy (non-hydrogen) atoms. The molecule has 1 saturated heterocycles. The minimum atomic E-state index is -2.36. The van der Waals surface area contributed by atoms with Crippen LogP contribution in [-0.4, -0.2) is 105 Å². The number of fused-ring (bicyclic) bond motifs is 5. The number of hydrogen-bond donors (Lipinski definition) is 3. The minimum Gasteiger partial charge on any atom is -0.456 e. The maximum atomic E-state index is 15.9. The van der Waals surface area contributed by atoms with E-state index in [0.29, 0.717) is 5.56 Å². The van der Waals surface area contributed by atoms with Gasteiger partial charge in [-0.2, -0.15) is 5.26 Å². The van der Waals surface area contributed by atoms with Crippen LogP contribution in [0.15, 0.2) is 102 Å². The number of benzene rings is 3. The van der Waals surface area contributed by atoms with E-state index in [9.17, 15) is 39.4 Å². The predicted octanol–water partition coefficient (Wildman–Crippen LogP) is 5.00. The van der Waals surface area contributed by atoms with Gasteiger partial charge in [0.05, 0.1) is 41.4 Å². The van der Waals surface area contributed by atoms with Crippen molar-refractivity contribution < 1.29 is 62.7 Å². The maximum Gasteiger partial charge on any atom is 0.338 e. The van der Waals surface area contributed by atoms with Crippen LogP contribution >= 0.6 is 11.8 Å². The van der Waals surface area contributed by atoms with Crippen molar-refractivity contribution in [1.82, 2.24) is 5.32 Å². The molecule has 2 saturated carbocycles. The van der Waals surface area contributed by atoms with E-state index in [1.54, 1.807) is 107 Å². The Morgan fingerprint density at radius 3 is 2.05 bits per heavy atom. The minimum absolute atomic E-state index is 0.0497. The molecular weight excluding hydrogens is 857 g/mol. The van der Waals surface area contributed by atoms with E-state index in [1.165, 1.54) is 19.1 Å². The molecule has 0 spiro atoms. The zero-order valence-corrected chi connectivity index (χ0v) is 37.7. The maximum absolute atomic E-state index is 15.9. The number of carbonyl (C=O) groups excluding carboxylic acids is 6. The number of aliphatic hydroxyl groups excluding tert-OH is 1. The topological polar surface area (TPSA) is 225 Å². The second-order valence-electron chi connectivity index (χ2n) is 17.8. The summed E-state index contributed by atoms with van der Waals surface area (Å²) in [6.45, 7) is 8.37. The van der Waals surface area contributed by atoms with Crippen LogP contribution in [-0.2, 0) is 42.9 Å². The molecular formula is C49H52N2O13S. The monoisotopic (exact) mass is 908 g/mol. The van der Waals surface area contributed by atoms with Crippen molar-refractivity contribution in [2.45, 2.75) is 107 Å². The number of esters is 4. The second-order valence-corrected chi connectivity index (χ2v) is 19.0. The number of Topliss-reactive ketones (excluding diaryl/α,β-unsaturated/α-hetero) is 1. The van der Waals surface area contributed by atoms with Gasteiger partial charge in [-0.15, -0.1) is 11.8 Å². The first-order valence-corrected chi connectivity index (χ1v) is 22.4. The number of carbonyl (C=O) groups is 6. The largest absolute Gasteiger partial charge is 0.456 e. The Morgan fingerprint density at radius 2 is 1.49 bits per heavy atom. The third kappa shape index (κ3) is 8.24. The highest BCUT2D eigenvalue weighted by atomic mass is 32.2. The van der Waals surface area contributed by atoms with Crippen LogP contribution in [0.4, 0.5) is 0 Å². The van der Waals surface area contributed by atoms with Gasteiger partial charge >= 0.3 is 23.9 Å². The van der Waals surface area contributed by atoms with E-state index in [-0.39, 0.29) is 41.1 Å². The highest BCUT2D eigenvalue weighted by molar-refractivity contribution is 8.00. The molecule has 4 aliphatic rings. The van der Waals surface area contributed by atoms with Crippen molar-refractivity contribution in [3.05, 3.63) is 119 Å². The summed E-state index contributed by atoms with van der Waals surface area (Å²) in [5.74, 6) is -6.53. The first-order valence-electron chi connectivity index (χ1n) is 21.3. The number of amides is 1. The molecule has 3 fully saturated rings. The first-order chi connectivity index (χ1) is 30.8. The number of ketones is 1. The van der Waals surface area contributed by atoms with Gasteiger partial charge in [0.1, 0.15) is 23.9 Å². The fraction of sp³-hybridized carbons (Fsp3) is 0.449. The van der Waals surface area contributed by atoms with Gasteiger partial charge in [-0.1, -0.05) is 87.5 Å². The molecule has 0 unspecified atom stereocenters. The Kier molecular flexibility index (Phi) is 13.2. The smallest absolute Gasteiger partial charge is 0.338 e. The van der Waals surface area contributed by atoms with E-state index >= 15 is 4.79 Å². The highest BCUT2D eigenvalue weighted by Gasteiger charge is 2.78. The summed E-state index contributed by atoms with van der Waals surface area (Å²) < 4.78 is 31.0. The predicted molar refractivity (Wildman–Crippen MR) is 234 cm³/mol. The molecule has 3 aliphatic carbocycles. The van der Waals surface area contributed by atoms with Crippen LogP contribution in [0.25, 0.3) is 0 Å². The number of ether oxygens (including phenoxy) is 5. The highest BCUT2D eigenvalue weighted by Crippen LogP contribution is 2.66. The SMILES string of the molecule is CC(=O)O[C@H]1C(=O)[C@]2(C)[C@@H](SCC#N)C[C@H]3OC[C@@]3(OC(C)=O)[C@H]2[C@H](OC(=O)c2ccccc2)[C@]2(O)C[C@H](OC(=O)[C@H](O)[C@@H](NC(=O)c3ccccc3)c3ccccc3)C(C)=C1C2(C)C. The van der Waals surface area contributed by atoms with Crippen LogP contribution in [0, 0.1) is 28.1 Å². The number of hydrogen-bond acceptors (Lipinski definition) is 15. The lowest BCUT2D eigenvalue weighted by molar-refractivity contribution is -0.331. The van der Waals surface area contributed by atoms with Crippen molar-refractivity contribution >= 4 is 47.3 Å².